The van der Waals surface area contributed by atoms with Crippen LogP contribution in [0.25, 0.3) is 0 Å². The minimum atomic E-state index is 0.692. The van der Waals surface area contributed by atoms with E-state index in [-0.39, 0.29) is 0 Å². The van der Waals surface area contributed by atoms with Crippen LogP contribution in [0.4, 0.5) is 0 Å². The molecule has 0 amide bonds. The molecule has 0 aliphatic rings. The lowest BCUT2D eigenvalue weighted by Crippen LogP contribution is -2.13. The van der Waals surface area contributed by atoms with Crippen molar-refractivity contribution < 1.29 is 0 Å². The Balaban J connectivity index is 2.10. The van der Waals surface area contributed by atoms with Crippen molar-refractivity contribution in [1.29, 1.82) is 5.26 Å². The van der Waals surface area contributed by atoms with Crippen molar-refractivity contribution >= 4 is 11.8 Å². The summed E-state index contributed by atoms with van der Waals surface area (Å²) in [5, 5.41) is 13.4. The van der Waals surface area contributed by atoms with Crippen LogP contribution in [0.5, 0.6) is 0 Å². The van der Waals surface area contributed by atoms with Crippen LogP contribution in [0.15, 0.2) is 40.6 Å². The lowest BCUT2D eigenvalue weighted by molar-refractivity contribution is 0.675. The first-order valence-corrected chi connectivity index (χ1v) is 7.06. The predicted molar refractivity (Wildman–Crippen MR) is 75.9 cm³/mol. The lowest BCUT2D eigenvalue weighted by Gasteiger charge is -2.06. The monoisotopic (exact) mass is 272 g/mol. The number of aromatic nitrogens is 2. The summed E-state index contributed by atoms with van der Waals surface area (Å²) in [4.78, 5) is 8.11. The summed E-state index contributed by atoms with van der Waals surface area (Å²) in [6, 6.07) is 8.22. The number of nitriles is 1. The average molecular weight is 272 g/mol. The van der Waals surface area contributed by atoms with Crippen LogP contribution >= 0.6 is 11.8 Å². The third-order valence-electron chi connectivity index (χ3n) is 2.60. The SMILES string of the molecule is CCCNCc1ccc(Sc2ncc[nH]2)c(C#N)c1. The van der Waals surface area contributed by atoms with Crippen LogP contribution < -0.4 is 5.32 Å². The molecule has 0 unspecified atom stereocenters. The summed E-state index contributed by atoms with van der Waals surface area (Å²) in [7, 11) is 0. The summed E-state index contributed by atoms with van der Waals surface area (Å²) in [6.07, 6.45) is 4.59. The zero-order valence-electron chi connectivity index (χ0n) is 10.8. The van der Waals surface area contributed by atoms with E-state index in [9.17, 15) is 5.26 Å². The summed E-state index contributed by atoms with van der Waals surface area (Å²) in [6.45, 7) is 3.93. The maximum atomic E-state index is 9.23. The molecule has 0 saturated carbocycles. The summed E-state index contributed by atoms with van der Waals surface area (Å²) in [5.41, 5.74) is 1.82. The molecule has 0 fully saturated rings. The van der Waals surface area contributed by atoms with Gasteiger partial charge in [-0.15, -0.1) is 0 Å². The zero-order chi connectivity index (χ0) is 13.5. The Morgan fingerprint density at radius 1 is 1.47 bits per heavy atom. The van der Waals surface area contributed by atoms with E-state index in [2.05, 4.69) is 34.3 Å². The first-order chi connectivity index (χ1) is 9.33. The number of benzene rings is 1. The Labute approximate surface area is 117 Å². The molecule has 0 saturated heterocycles. The Hall–Kier alpha value is -1.77. The fourth-order valence-corrected chi connectivity index (χ4v) is 2.48. The van der Waals surface area contributed by atoms with Crippen molar-refractivity contribution in [2.75, 3.05) is 6.54 Å². The molecule has 5 heteroatoms. The molecular weight excluding hydrogens is 256 g/mol. The lowest BCUT2D eigenvalue weighted by atomic mass is 10.1. The van der Waals surface area contributed by atoms with Gasteiger partial charge in [0.15, 0.2) is 5.16 Å². The Morgan fingerprint density at radius 3 is 3.05 bits per heavy atom. The smallest absolute Gasteiger partial charge is 0.170 e. The standard InChI is InChI=1S/C14H16N4S/c1-2-5-16-10-11-3-4-13(12(8-11)9-15)19-14-17-6-7-18-14/h3-4,6-8,16H,2,5,10H2,1H3,(H,17,18). The number of hydrogen-bond acceptors (Lipinski definition) is 4. The molecule has 2 rings (SSSR count). The zero-order valence-corrected chi connectivity index (χ0v) is 11.6. The van der Waals surface area contributed by atoms with Gasteiger partial charge in [0.2, 0.25) is 0 Å². The van der Waals surface area contributed by atoms with Crippen molar-refractivity contribution in [1.82, 2.24) is 15.3 Å². The first kappa shape index (κ1) is 13.7. The summed E-state index contributed by atoms with van der Waals surface area (Å²) < 4.78 is 0. The van der Waals surface area contributed by atoms with Gasteiger partial charge in [-0.05, 0) is 30.7 Å². The van der Waals surface area contributed by atoms with Gasteiger partial charge < -0.3 is 10.3 Å². The largest absolute Gasteiger partial charge is 0.339 e. The van der Waals surface area contributed by atoms with Gasteiger partial charge in [0.25, 0.3) is 0 Å². The second-order valence-corrected chi connectivity index (χ2v) is 5.15. The van der Waals surface area contributed by atoms with E-state index in [1.165, 1.54) is 11.8 Å². The van der Waals surface area contributed by atoms with E-state index in [0.29, 0.717) is 5.56 Å². The number of imidazole rings is 1. The maximum absolute atomic E-state index is 9.23. The first-order valence-electron chi connectivity index (χ1n) is 6.24. The number of aromatic amines is 1. The molecule has 0 atom stereocenters. The van der Waals surface area contributed by atoms with Crippen molar-refractivity contribution in [3.8, 4) is 6.07 Å². The van der Waals surface area contributed by atoms with Crippen molar-refractivity contribution in [3.63, 3.8) is 0 Å². The van der Waals surface area contributed by atoms with E-state index in [0.717, 1.165) is 35.1 Å². The van der Waals surface area contributed by atoms with Gasteiger partial charge in [-0.3, -0.25) is 0 Å². The number of hydrogen-bond donors (Lipinski definition) is 2. The second kappa shape index (κ2) is 6.98. The van der Waals surface area contributed by atoms with Gasteiger partial charge >= 0.3 is 0 Å². The fourth-order valence-electron chi connectivity index (χ4n) is 1.68. The summed E-state index contributed by atoms with van der Waals surface area (Å²) >= 11 is 1.47. The highest BCUT2D eigenvalue weighted by Gasteiger charge is 2.06. The molecule has 4 nitrogen and oxygen atoms in total. The maximum Gasteiger partial charge on any atom is 0.170 e. The Morgan fingerprint density at radius 2 is 2.37 bits per heavy atom. The highest BCUT2D eigenvalue weighted by atomic mass is 32.2. The molecule has 0 radical (unpaired) electrons. The van der Waals surface area contributed by atoms with Gasteiger partial charge in [0.05, 0.1) is 5.56 Å². The van der Waals surface area contributed by atoms with Crippen molar-refractivity contribution in [2.24, 2.45) is 0 Å². The molecule has 1 aromatic heterocycles. The highest BCUT2D eigenvalue weighted by molar-refractivity contribution is 7.99. The van der Waals surface area contributed by atoms with E-state index in [4.69, 9.17) is 0 Å². The number of H-pyrrole nitrogens is 1. The van der Waals surface area contributed by atoms with Gasteiger partial charge in [0.1, 0.15) is 6.07 Å². The highest BCUT2D eigenvalue weighted by Crippen LogP contribution is 2.28. The van der Waals surface area contributed by atoms with Crippen LogP contribution in [-0.4, -0.2) is 16.5 Å². The van der Waals surface area contributed by atoms with Crippen LogP contribution in [0.1, 0.15) is 24.5 Å². The number of rotatable bonds is 6. The quantitative estimate of drug-likeness (QED) is 0.794. The molecule has 2 aromatic rings. The average Bonchev–Trinajstić information content (AvgIpc) is 2.93. The minimum Gasteiger partial charge on any atom is -0.339 e. The van der Waals surface area contributed by atoms with Crippen LogP contribution in [0.3, 0.4) is 0 Å². The normalized spacial score (nSPS) is 10.3. The molecule has 1 heterocycles. The van der Waals surface area contributed by atoms with Crippen LogP contribution in [0, 0.1) is 11.3 Å². The van der Waals surface area contributed by atoms with Crippen LogP contribution in [-0.2, 0) is 6.54 Å². The third-order valence-corrected chi connectivity index (χ3v) is 3.59. The van der Waals surface area contributed by atoms with Gasteiger partial charge in [-0.1, -0.05) is 24.8 Å². The minimum absolute atomic E-state index is 0.692. The molecule has 0 aliphatic heterocycles. The molecular formula is C14H16N4S. The van der Waals surface area contributed by atoms with Gasteiger partial charge in [-0.25, -0.2) is 4.98 Å². The van der Waals surface area contributed by atoms with Crippen molar-refractivity contribution in [3.05, 3.63) is 41.7 Å². The summed E-state index contributed by atoms with van der Waals surface area (Å²) in [5.74, 6) is 0. The molecule has 98 valence electrons. The third kappa shape index (κ3) is 3.85. The topological polar surface area (TPSA) is 64.5 Å². The Bertz CT molecular complexity index is 557. The van der Waals surface area contributed by atoms with Gasteiger partial charge in [-0.2, -0.15) is 5.26 Å². The number of nitrogens with one attached hydrogen (secondary N) is 2. The molecule has 2 N–H and O–H groups in total. The molecule has 1 aromatic carbocycles. The molecule has 0 bridgehead atoms. The van der Waals surface area contributed by atoms with E-state index in [1.807, 2.05) is 12.1 Å². The molecule has 0 spiro atoms. The van der Waals surface area contributed by atoms with Gasteiger partial charge in [0, 0.05) is 23.8 Å². The molecule has 19 heavy (non-hydrogen) atoms. The Kier molecular flexibility index (Phi) is 5.01. The predicted octanol–water partition coefficient (Wildman–Crippen LogP) is 2.93. The van der Waals surface area contributed by atoms with E-state index >= 15 is 0 Å². The van der Waals surface area contributed by atoms with E-state index in [1.54, 1.807) is 12.4 Å². The molecule has 0 aliphatic carbocycles. The van der Waals surface area contributed by atoms with Crippen molar-refractivity contribution in [2.45, 2.75) is 29.9 Å². The fraction of sp³-hybridized carbons (Fsp3) is 0.286. The van der Waals surface area contributed by atoms with E-state index < -0.39 is 0 Å². The number of nitrogens with zero attached hydrogens (tertiary/aromatic N) is 2. The van der Waals surface area contributed by atoms with Crippen LogP contribution in [0.2, 0.25) is 0 Å². The second-order valence-electron chi connectivity index (χ2n) is 4.12.